The second-order valence-electron chi connectivity index (χ2n) is 24.2. The minimum absolute atomic E-state index is 0.811. The summed E-state index contributed by atoms with van der Waals surface area (Å²) in [7, 11) is 0. The highest BCUT2D eigenvalue weighted by molar-refractivity contribution is 6.16. The molecule has 0 bridgehead atoms. The molecule has 2 aromatic heterocycles. The molecule has 0 saturated carbocycles. The van der Waals surface area contributed by atoms with E-state index in [4.69, 9.17) is 8.83 Å². The molecule has 0 radical (unpaired) electrons. The summed E-state index contributed by atoms with van der Waals surface area (Å²) in [6.45, 7) is 0. The molecular formula is C89H58N2O2. The number of fused-ring (bicyclic) bond motifs is 11. The number of anilines is 6. The van der Waals surface area contributed by atoms with E-state index in [-0.39, 0.29) is 0 Å². The lowest BCUT2D eigenvalue weighted by molar-refractivity contribution is 0.669. The lowest BCUT2D eigenvalue weighted by Crippen LogP contribution is -2.29. The van der Waals surface area contributed by atoms with Crippen molar-refractivity contribution in [3.8, 4) is 55.6 Å². The first-order valence-electron chi connectivity index (χ1n) is 31.9. The highest BCUT2D eigenvalue weighted by Gasteiger charge is 2.48. The summed E-state index contributed by atoms with van der Waals surface area (Å²) in [6, 6.07) is 128. The van der Waals surface area contributed by atoms with E-state index in [1.807, 2.05) is 0 Å². The summed E-state index contributed by atoms with van der Waals surface area (Å²) in [5, 5.41) is 6.50. The highest BCUT2D eigenvalue weighted by Crippen LogP contribution is 2.62. The molecule has 0 spiro atoms. The van der Waals surface area contributed by atoms with Crippen LogP contribution in [0.2, 0.25) is 0 Å². The van der Waals surface area contributed by atoms with Crippen LogP contribution < -0.4 is 9.80 Å². The van der Waals surface area contributed by atoms with Crippen LogP contribution in [0, 0.1) is 0 Å². The van der Waals surface area contributed by atoms with Crippen molar-refractivity contribution in [2.45, 2.75) is 5.41 Å². The van der Waals surface area contributed by atoms with Crippen molar-refractivity contribution in [2.75, 3.05) is 9.80 Å². The number of hydrogen-bond donors (Lipinski definition) is 0. The first kappa shape index (κ1) is 53.8. The summed E-state index contributed by atoms with van der Waals surface area (Å²) in [6.07, 6.45) is 0. The Hall–Kier alpha value is -12.2. The van der Waals surface area contributed by atoms with Gasteiger partial charge >= 0.3 is 0 Å². The van der Waals surface area contributed by atoms with Crippen LogP contribution in [0.15, 0.2) is 361 Å². The van der Waals surface area contributed by atoms with E-state index in [1.165, 1.54) is 16.7 Å². The molecule has 0 unspecified atom stereocenters. The normalized spacial score (nSPS) is 12.4. The third-order valence-corrected chi connectivity index (χ3v) is 19.1. The van der Waals surface area contributed by atoms with Crippen molar-refractivity contribution in [3.63, 3.8) is 0 Å². The monoisotopic (exact) mass is 1190 g/mol. The summed E-state index contributed by atoms with van der Waals surface area (Å²) >= 11 is 0. The Bertz CT molecular complexity index is 5640. The van der Waals surface area contributed by atoms with Crippen LogP contribution >= 0.6 is 0 Å². The maximum absolute atomic E-state index is 7.15. The molecular weight excluding hydrogens is 1130 g/mol. The molecule has 18 rings (SSSR count). The Morgan fingerprint density at radius 3 is 1.14 bits per heavy atom. The van der Waals surface area contributed by atoms with Crippen LogP contribution in [-0.4, -0.2) is 0 Å². The van der Waals surface area contributed by atoms with Gasteiger partial charge in [0.25, 0.3) is 0 Å². The van der Waals surface area contributed by atoms with Crippen molar-refractivity contribution in [1.29, 1.82) is 0 Å². The van der Waals surface area contributed by atoms with Crippen molar-refractivity contribution >= 4 is 88.8 Å². The molecule has 17 aromatic rings. The summed E-state index contributed by atoms with van der Waals surface area (Å²) in [4.78, 5) is 4.95. The van der Waals surface area contributed by atoms with Gasteiger partial charge in [-0.2, -0.15) is 0 Å². The topological polar surface area (TPSA) is 32.8 Å². The average molecular weight is 1190 g/mol. The van der Waals surface area contributed by atoms with E-state index in [0.29, 0.717) is 0 Å². The molecule has 4 nitrogen and oxygen atoms in total. The Kier molecular flexibility index (Phi) is 12.8. The summed E-state index contributed by atoms with van der Waals surface area (Å²) < 4.78 is 14.2. The lowest BCUT2D eigenvalue weighted by atomic mass is 9.67. The van der Waals surface area contributed by atoms with Crippen LogP contribution in [0.1, 0.15) is 22.3 Å². The van der Waals surface area contributed by atoms with E-state index < -0.39 is 5.41 Å². The second-order valence-corrected chi connectivity index (χ2v) is 24.2. The van der Waals surface area contributed by atoms with Gasteiger partial charge in [-0.1, -0.05) is 285 Å². The van der Waals surface area contributed by atoms with Gasteiger partial charge in [-0.05, 0) is 139 Å². The summed E-state index contributed by atoms with van der Waals surface area (Å²) in [5.41, 5.74) is 24.3. The van der Waals surface area contributed by atoms with Gasteiger partial charge in [0.2, 0.25) is 0 Å². The van der Waals surface area contributed by atoms with Gasteiger partial charge in [-0.3, -0.25) is 0 Å². The summed E-state index contributed by atoms with van der Waals surface area (Å²) in [5.74, 6) is 0. The predicted molar refractivity (Wildman–Crippen MR) is 387 cm³/mol. The minimum Gasteiger partial charge on any atom is -0.454 e. The maximum atomic E-state index is 7.15. The smallest absolute Gasteiger partial charge is 0.159 e. The standard InChI is InChI=1S/C89H58N2O2/c1-7-27-59(28-8-1)63-49-53-79(75(55-63)61-31-11-3-12-32-61)90(81-45-25-43-72-69-40-21-23-47-84(69)92-87(72)81)67-51-52-74-77(57-67)89(65-35-15-5-16-36-65,66-37-17-6-18-38-66)78-58-83(68-39-19-20-42-71(68)86(74)78)91(82-46-26-44-73-70-41-22-24-48-85(70)93-88(73)82)80-54-50-64(60-29-9-2-10-30-60)56-76(80)62-33-13-4-14-34-62/h1-58H. The Labute approximate surface area is 539 Å². The van der Waals surface area contributed by atoms with Crippen molar-refractivity contribution in [3.05, 3.63) is 374 Å². The zero-order chi connectivity index (χ0) is 61.4. The van der Waals surface area contributed by atoms with Crippen LogP contribution in [0.5, 0.6) is 0 Å². The molecule has 0 atom stereocenters. The number of nitrogens with zero attached hydrogens (tertiary/aromatic N) is 2. The fourth-order valence-electron chi connectivity index (χ4n) is 15.0. The molecule has 15 aromatic carbocycles. The van der Waals surface area contributed by atoms with E-state index in [2.05, 4.69) is 362 Å². The molecule has 0 aliphatic heterocycles. The van der Waals surface area contributed by atoms with Crippen LogP contribution in [0.25, 0.3) is 110 Å². The molecule has 93 heavy (non-hydrogen) atoms. The van der Waals surface area contributed by atoms with Crippen LogP contribution in [0.4, 0.5) is 34.1 Å². The number of benzene rings is 15. The first-order valence-corrected chi connectivity index (χ1v) is 31.9. The van der Waals surface area contributed by atoms with Gasteiger partial charge in [0.05, 0.1) is 33.9 Å². The van der Waals surface area contributed by atoms with Gasteiger partial charge in [-0.25, -0.2) is 0 Å². The zero-order valence-corrected chi connectivity index (χ0v) is 50.7. The molecule has 1 aliphatic rings. The largest absolute Gasteiger partial charge is 0.454 e. The lowest BCUT2D eigenvalue weighted by Gasteiger charge is -2.36. The minimum atomic E-state index is -0.880. The van der Waals surface area contributed by atoms with E-state index in [0.717, 1.165) is 150 Å². The third kappa shape index (κ3) is 8.68. The van der Waals surface area contributed by atoms with Crippen LogP contribution in [-0.2, 0) is 5.41 Å². The zero-order valence-electron chi connectivity index (χ0n) is 50.7. The fraction of sp³-hybridized carbons (Fsp3) is 0.0112. The fourth-order valence-corrected chi connectivity index (χ4v) is 15.0. The van der Waals surface area contributed by atoms with Crippen molar-refractivity contribution in [2.24, 2.45) is 0 Å². The van der Waals surface area contributed by atoms with Gasteiger partial charge in [-0.15, -0.1) is 0 Å². The number of furan rings is 2. The van der Waals surface area contributed by atoms with E-state index in [1.54, 1.807) is 0 Å². The highest BCUT2D eigenvalue weighted by atomic mass is 16.3. The molecule has 0 saturated heterocycles. The molecule has 0 fully saturated rings. The number of hydrogen-bond acceptors (Lipinski definition) is 4. The van der Waals surface area contributed by atoms with Crippen LogP contribution in [0.3, 0.4) is 0 Å². The first-order chi connectivity index (χ1) is 46.2. The number of para-hydroxylation sites is 4. The Morgan fingerprint density at radius 2 is 0.634 bits per heavy atom. The quantitative estimate of drug-likeness (QED) is 0.122. The maximum Gasteiger partial charge on any atom is 0.159 e. The van der Waals surface area contributed by atoms with Gasteiger partial charge in [0.15, 0.2) is 11.2 Å². The molecule has 436 valence electrons. The SMILES string of the molecule is c1ccc(-c2ccc(N(c3ccc4c(c3)C(c3ccccc3)(c3ccccc3)c3cc(N(c5ccc(-c6ccccc6)cc5-c5ccccc5)c5cccc6c5oc5ccccc56)c5ccccc5c3-4)c3cccc4c3oc3ccccc34)c(-c3ccccc3)c2)cc1. The number of rotatable bonds is 12. The van der Waals surface area contributed by atoms with Crippen molar-refractivity contribution in [1.82, 2.24) is 0 Å². The van der Waals surface area contributed by atoms with Gasteiger partial charge < -0.3 is 18.6 Å². The molecule has 2 heterocycles. The molecule has 1 aliphatic carbocycles. The Morgan fingerprint density at radius 1 is 0.226 bits per heavy atom. The Balaban J connectivity index is 0.952. The van der Waals surface area contributed by atoms with E-state index in [9.17, 15) is 0 Å². The average Bonchev–Trinajstić information content (AvgIpc) is 1.54. The van der Waals surface area contributed by atoms with Gasteiger partial charge in [0.1, 0.15) is 11.2 Å². The third-order valence-electron chi connectivity index (χ3n) is 19.1. The molecule has 0 amide bonds. The van der Waals surface area contributed by atoms with E-state index >= 15 is 0 Å². The van der Waals surface area contributed by atoms with Gasteiger partial charge in [0, 0.05) is 43.7 Å². The predicted octanol–water partition coefficient (Wildman–Crippen LogP) is 24.6. The second kappa shape index (κ2) is 22.1. The molecule has 0 N–H and O–H groups in total. The molecule has 4 heteroatoms. The van der Waals surface area contributed by atoms with Crippen molar-refractivity contribution < 1.29 is 8.83 Å².